The van der Waals surface area contributed by atoms with E-state index in [1.165, 1.54) is 5.56 Å². The second kappa shape index (κ2) is 6.91. The molecule has 1 aromatic rings. The number of carbonyl (C=O) groups excluding carboxylic acids is 1. The van der Waals surface area contributed by atoms with Crippen LogP contribution in [0.2, 0.25) is 0 Å². The first-order valence-corrected chi connectivity index (χ1v) is 5.84. The third-order valence-electron chi connectivity index (χ3n) is 2.43. The molecular weight excluding hydrogens is 216 g/mol. The molecule has 17 heavy (non-hydrogen) atoms. The summed E-state index contributed by atoms with van der Waals surface area (Å²) >= 11 is 0. The van der Waals surface area contributed by atoms with Crippen LogP contribution in [0.5, 0.6) is 5.75 Å². The minimum atomic E-state index is -0.326. The number of amides is 1. The lowest BCUT2D eigenvalue weighted by atomic mass is 10.1. The number of carbonyl (C=O) groups is 1. The van der Waals surface area contributed by atoms with Crippen molar-refractivity contribution in [3.8, 4) is 5.75 Å². The molecule has 0 aliphatic carbocycles. The van der Waals surface area contributed by atoms with E-state index in [1.54, 1.807) is 0 Å². The summed E-state index contributed by atoms with van der Waals surface area (Å²) in [7, 11) is 0. The zero-order valence-corrected chi connectivity index (χ0v) is 10.5. The fourth-order valence-electron chi connectivity index (χ4n) is 1.63. The molecule has 0 saturated carbocycles. The van der Waals surface area contributed by atoms with Gasteiger partial charge < -0.3 is 15.8 Å². The number of hydrogen-bond donors (Lipinski definition) is 2. The minimum Gasteiger partial charge on any atom is -0.494 e. The van der Waals surface area contributed by atoms with Gasteiger partial charge >= 0.3 is 0 Å². The number of hydrogen-bond acceptors (Lipinski definition) is 3. The van der Waals surface area contributed by atoms with Crippen LogP contribution in [0.1, 0.15) is 18.1 Å². The molecule has 94 valence electrons. The number of nitrogens with one attached hydrogen (secondary N) is 1. The van der Waals surface area contributed by atoms with Gasteiger partial charge in [-0.3, -0.25) is 4.79 Å². The lowest BCUT2D eigenvalue weighted by Gasteiger charge is -2.09. The van der Waals surface area contributed by atoms with Gasteiger partial charge in [0.2, 0.25) is 5.91 Å². The molecule has 0 aliphatic heterocycles. The van der Waals surface area contributed by atoms with Crippen molar-refractivity contribution in [3.63, 3.8) is 0 Å². The summed E-state index contributed by atoms with van der Waals surface area (Å²) in [6, 6.07) is 6.14. The molecule has 0 unspecified atom stereocenters. The van der Waals surface area contributed by atoms with Gasteiger partial charge in [0.15, 0.2) is 0 Å². The van der Waals surface area contributed by atoms with Gasteiger partial charge in [-0.25, -0.2) is 0 Å². The van der Waals surface area contributed by atoms with Crippen LogP contribution in [0.3, 0.4) is 0 Å². The third kappa shape index (κ3) is 4.87. The summed E-state index contributed by atoms with van der Waals surface area (Å²) in [6.07, 6.45) is 0.876. The number of primary amides is 1. The fraction of sp³-hybridized carbons (Fsp3) is 0.462. The van der Waals surface area contributed by atoms with Crippen LogP contribution in [0.15, 0.2) is 18.2 Å². The van der Waals surface area contributed by atoms with E-state index >= 15 is 0 Å². The van der Waals surface area contributed by atoms with Gasteiger partial charge in [-0.05, 0) is 44.0 Å². The molecule has 0 heterocycles. The summed E-state index contributed by atoms with van der Waals surface area (Å²) < 4.78 is 5.47. The van der Waals surface area contributed by atoms with Gasteiger partial charge in [0.05, 0.1) is 13.2 Å². The SMILES string of the molecule is CCOc1ccc(CCNCC(N)=O)cc1C. The average Bonchev–Trinajstić information content (AvgIpc) is 2.28. The van der Waals surface area contributed by atoms with Gasteiger partial charge in [0, 0.05) is 0 Å². The lowest BCUT2D eigenvalue weighted by molar-refractivity contribution is -0.117. The Balaban J connectivity index is 2.44. The Labute approximate surface area is 102 Å². The van der Waals surface area contributed by atoms with Gasteiger partial charge in [0.1, 0.15) is 5.75 Å². The number of aryl methyl sites for hydroxylation is 1. The summed E-state index contributed by atoms with van der Waals surface area (Å²) in [5, 5.41) is 2.99. The van der Waals surface area contributed by atoms with E-state index in [-0.39, 0.29) is 12.5 Å². The first-order valence-electron chi connectivity index (χ1n) is 5.84. The minimum absolute atomic E-state index is 0.232. The number of rotatable bonds is 7. The smallest absolute Gasteiger partial charge is 0.231 e. The molecule has 0 bridgehead atoms. The van der Waals surface area contributed by atoms with Crippen LogP contribution in [0.4, 0.5) is 0 Å². The predicted octanol–water partition coefficient (Wildman–Crippen LogP) is 1.01. The van der Waals surface area contributed by atoms with Crippen LogP contribution in [-0.2, 0) is 11.2 Å². The molecule has 1 aromatic carbocycles. The number of ether oxygens (including phenoxy) is 1. The fourth-order valence-corrected chi connectivity index (χ4v) is 1.63. The highest BCUT2D eigenvalue weighted by molar-refractivity contribution is 5.75. The van der Waals surface area contributed by atoms with Gasteiger partial charge in [-0.2, -0.15) is 0 Å². The van der Waals surface area contributed by atoms with Crippen molar-refractivity contribution < 1.29 is 9.53 Å². The Bertz CT molecular complexity index is 378. The second-order valence-electron chi connectivity index (χ2n) is 3.93. The molecule has 1 amide bonds. The van der Waals surface area contributed by atoms with Crippen LogP contribution in [-0.4, -0.2) is 25.6 Å². The maximum absolute atomic E-state index is 10.5. The Kier molecular flexibility index (Phi) is 5.49. The Morgan fingerprint density at radius 2 is 2.24 bits per heavy atom. The van der Waals surface area contributed by atoms with E-state index < -0.39 is 0 Å². The summed E-state index contributed by atoms with van der Waals surface area (Å²) in [4.78, 5) is 10.5. The van der Waals surface area contributed by atoms with Crippen molar-refractivity contribution in [1.29, 1.82) is 0 Å². The summed E-state index contributed by atoms with van der Waals surface area (Å²) in [6.45, 7) is 5.67. The third-order valence-corrected chi connectivity index (χ3v) is 2.43. The van der Waals surface area contributed by atoms with Gasteiger partial charge in [-0.1, -0.05) is 12.1 Å². The van der Waals surface area contributed by atoms with Crippen molar-refractivity contribution in [2.24, 2.45) is 5.73 Å². The second-order valence-corrected chi connectivity index (χ2v) is 3.93. The van der Waals surface area contributed by atoms with Crippen LogP contribution in [0.25, 0.3) is 0 Å². The molecule has 4 heteroatoms. The standard InChI is InChI=1S/C13H20N2O2/c1-3-17-12-5-4-11(8-10(12)2)6-7-15-9-13(14)16/h4-5,8,15H,3,6-7,9H2,1-2H3,(H2,14,16). The molecule has 0 fully saturated rings. The zero-order chi connectivity index (χ0) is 12.7. The maximum Gasteiger partial charge on any atom is 0.231 e. The quantitative estimate of drug-likeness (QED) is 0.694. The molecule has 4 nitrogen and oxygen atoms in total. The van der Waals surface area contributed by atoms with Gasteiger partial charge in [-0.15, -0.1) is 0 Å². The molecule has 0 radical (unpaired) electrons. The predicted molar refractivity (Wildman–Crippen MR) is 68.1 cm³/mol. The van der Waals surface area contributed by atoms with E-state index in [0.29, 0.717) is 6.61 Å². The van der Waals surface area contributed by atoms with Gasteiger partial charge in [0.25, 0.3) is 0 Å². The van der Waals surface area contributed by atoms with Crippen molar-refractivity contribution in [1.82, 2.24) is 5.32 Å². The highest BCUT2D eigenvalue weighted by Crippen LogP contribution is 2.19. The molecule has 0 saturated heterocycles. The Morgan fingerprint density at radius 1 is 1.47 bits per heavy atom. The molecule has 0 spiro atoms. The Morgan fingerprint density at radius 3 is 2.82 bits per heavy atom. The largest absolute Gasteiger partial charge is 0.494 e. The molecule has 3 N–H and O–H groups in total. The van der Waals surface area contributed by atoms with E-state index in [9.17, 15) is 4.79 Å². The van der Waals surface area contributed by atoms with Crippen LogP contribution < -0.4 is 15.8 Å². The maximum atomic E-state index is 10.5. The van der Waals surface area contributed by atoms with E-state index in [1.807, 2.05) is 26.0 Å². The zero-order valence-electron chi connectivity index (χ0n) is 10.5. The van der Waals surface area contributed by atoms with Crippen LogP contribution >= 0.6 is 0 Å². The molecule has 0 aliphatic rings. The number of benzene rings is 1. The molecule has 0 aromatic heterocycles. The topological polar surface area (TPSA) is 64.3 Å². The molecule has 0 atom stereocenters. The van der Waals surface area contributed by atoms with E-state index in [4.69, 9.17) is 10.5 Å². The number of nitrogens with two attached hydrogens (primary N) is 1. The molecule has 1 rings (SSSR count). The average molecular weight is 236 g/mol. The van der Waals surface area contributed by atoms with Crippen molar-refractivity contribution in [2.45, 2.75) is 20.3 Å². The summed E-state index contributed by atoms with van der Waals surface area (Å²) in [5.41, 5.74) is 7.39. The van der Waals surface area contributed by atoms with Crippen LogP contribution in [0, 0.1) is 6.92 Å². The first kappa shape index (κ1) is 13.5. The molecular formula is C13H20N2O2. The van der Waals surface area contributed by atoms with Crippen molar-refractivity contribution in [3.05, 3.63) is 29.3 Å². The van der Waals surface area contributed by atoms with E-state index in [0.717, 1.165) is 24.3 Å². The summed E-state index contributed by atoms with van der Waals surface area (Å²) in [5.74, 6) is 0.606. The Hall–Kier alpha value is -1.55. The normalized spacial score (nSPS) is 10.2. The highest BCUT2D eigenvalue weighted by atomic mass is 16.5. The highest BCUT2D eigenvalue weighted by Gasteiger charge is 2.01. The first-order chi connectivity index (χ1) is 8.13. The van der Waals surface area contributed by atoms with E-state index in [2.05, 4.69) is 11.4 Å². The monoisotopic (exact) mass is 236 g/mol. The van der Waals surface area contributed by atoms with Crippen molar-refractivity contribution in [2.75, 3.05) is 19.7 Å². The van der Waals surface area contributed by atoms with Crippen molar-refractivity contribution >= 4 is 5.91 Å². The lowest BCUT2D eigenvalue weighted by Crippen LogP contribution is -2.29.